The van der Waals surface area contributed by atoms with E-state index in [0.717, 1.165) is 37.3 Å². The summed E-state index contributed by atoms with van der Waals surface area (Å²) in [5.74, 6) is 0. The Kier molecular flexibility index (Phi) is 4.51. The molecule has 1 aromatic carbocycles. The highest BCUT2D eigenvalue weighted by molar-refractivity contribution is 7.89. The Bertz CT molecular complexity index is 638. The molecule has 1 aliphatic carbocycles. The smallest absolute Gasteiger partial charge is 0.258 e. The maximum atomic E-state index is 12.1. The third kappa shape index (κ3) is 3.64. The van der Waals surface area contributed by atoms with E-state index in [-0.39, 0.29) is 17.1 Å². The lowest BCUT2D eigenvalue weighted by Crippen LogP contribution is -2.26. The highest BCUT2D eigenvalue weighted by atomic mass is 32.2. The van der Waals surface area contributed by atoms with E-state index in [9.17, 15) is 18.5 Å². The molecule has 0 saturated heterocycles. The molecule has 0 atom stereocenters. The summed E-state index contributed by atoms with van der Waals surface area (Å²) in [5.41, 5.74) is 0.843. The first-order valence-corrected chi connectivity index (χ1v) is 7.89. The summed E-state index contributed by atoms with van der Waals surface area (Å²) in [4.78, 5) is 9.98. The Balaban J connectivity index is 2.11. The van der Waals surface area contributed by atoms with E-state index in [0.29, 0.717) is 0 Å². The van der Waals surface area contributed by atoms with Crippen LogP contribution in [0.2, 0.25) is 0 Å². The Morgan fingerprint density at radius 1 is 1.30 bits per heavy atom. The van der Waals surface area contributed by atoms with Gasteiger partial charge in [0.25, 0.3) is 5.69 Å². The summed E-state index contributed by atoms with van der Waals surface area (Å²) in [5, 5.41) is 10.7. The van der Waals surface area contributed by atoms with Gasteiger partial charge in [0.1, 0.15) is 0 Å². The summed E-state index contributed by atoms with van der Waals surface area (Å²) >= 11 is 0. The van der Waals surface area contributed by atoms with Crippen molar-refractivity contribution in [3.05, 3.63) is 46.0 Å². The van der Waals surface area contributed by atoms with E-state index in [1.807, 2.05) is 0 Å². The molecule has 1 aromatic rings. The SMILES string of the molecule is O=[N+]([O-])c1cccc(S(=O)(=O)NCC2=CCCCC2)c1. The van der Waals surface area contributed by atoms with Gasteiger partial charge in [-0.3, -0.25) is 10.1 Å². The monoisotopic (exact) mass is 296 g/mol. The predicted molar refractivity (Wildman–Crippen MR) is 74.8 cm³/mol. The molecule has 0 amide bonds. The first-order chi connectivity index (χ1) is 9.49. The fourth-order valence-electron chi connectivity index (χ4n) is 2.10. The number of nitro benzene ring substituents is 1. The van der Waals surface area contributed by atoms with Gasteiger partial charge in [-0.1, -0.05) is 17.7 Å². The molecule has 0 fully saturated rings. The van der Waals surface area contributed by atoms with E-state index < -0.39 is 14.9 Å². The van der Waals surface area contributed by atoms with Crippen molar-refractivity contribution in [3.63, 3.8) is 0 Å². The number of benzene rings is 1. The third-order valence-corrected chi connectivity index (χ3v) is 4.61. The van der Waals surface area contributed by atoms with Gasteiger partial charge in [-0.2, -0.15) is 0 Å². The van der Waals surface area contributed by atoms with Crippen LogP contribution in [0.15, 0.2) is 40.8 Å². The van der Waals surface area contributed by atoms with Crippen LogP contribution < -0.4 is 4.72 Å². The van der Waals surface area contributed by atoms with Crippen LogP contribution in [0.1, 0.15) is 25.7 Å². The van der Waals surface area contributed by atoms with Gasteiger partial charge in [0, 0.05) is 18.7 Å². The highest BCUT2D eigenvalue weighted by Crippen LogP contribution is 2.19. The lowest BCUT2D eigenvalue weighted by molar-refractivity contribution is -0.385. The Labute approximate surface area is 117 Å². The largest absolute Gasteiger partial charge is 0.270 e. The molecule has 7 heteroatoms. The maximum absolute atomic E-state index is 12.1. The molecule has 0 unspecified atom stereocenters. The minimum absolute atomic E-state index is 0.0805. The topological polar surface area (TPSA) is 89.3 Å². The van der Waals surface area contributed by atoms with Gasteiger partial charge in [0.2, 0.25) is 10.0 Å². The minimum atomic E-state index is -3.71. The van der Waals surface area contributed by atoms with Gasteiger partial charge in [-0.05, 0) is 31.7 Å². The molecule has 0 aromatic heterocycles. The summed E-state index contributed by atoms with van der Waals surface area (Å²) in [6.07, 6.45) is 6.15. The summed E-state index contributed by atoms with van der Waals surface area (Å²) < 4.78 is 26.7. The third-order valence-electron chi connectivity index (χ3n) is 3.21. The molecule has 108 valence electrons. The summed E-state index contributed by atoms with van der Waals surface area (Å²) in [7, 11) is -3.71. The van der Waals surface area contributed by atoms with E-state index in [1.165, 1.54) is 18.2 Å². The normalized spacial score (nSPS) is 15.7. The molecule has 0 aliphatic heterocycles. The molecule has 1 N–H and O–H groups in total. The fraction of sp³-hybridized carbons (Fsp3) is 0.385. The molecular weight excluding hydrogens is 280 g/mol. The zero-order valence-electron chi connectivity index (χ0n) is 10.9. The number of hydrogen-bond donors (Lipinski definition) is 1. The first kappa shape index (κ1) is 14.7. The molecule has 2 rings (SSSR count). The maximum Gasteiger partial charge on any atom is 0.270 e. The van der Waals surface area contributed by atoms with Crippen molar-refractivity contribution in [2.45, 2.75) is 30.6 Å². The number of sulfonamides is 1. The number of allylic oxidation sites excluding steroid dienone is 1. The van der Waals surface area contributed by atoms with Crippen LogP contribution in [-0.4, -0.2) is 19.9 Å². The van der Waals surface area contributed by atoms with Crippen LogP contribution in [0.5, 0.6) is 0 Å². The van der Waals surface area contributed by atoms with Gasteiger partial charge >= 0.3 is 0 Å². The Morgan fingerprint density at radius 2 is 2.10 bits per heavy atom. The predicted octanol–water partition coefficient (Wildman–Crippen LogP) is 2.37. The minimum Gasteiger partial charge on any atom is -0.258 e. The first-order valence-electron chi connectivity index (χ1n) is 6.41. The lowest BCUT2D eigenvalue weighted by atomic mass is 10.0. The molecular formula is C13H16N2O4S. The number of nitro groups is 1. The summed E-state index contributed by atoms with van der Waals surface area (Å²) in [6, 6.07) is 5.05. The van der Waals surface area contributed by atoms with E-state index in [2.05, 4.69) is 10.8 Å². The quantitative estimate of drug-likeness (QED) is 0.513. The molecule has 0 spiro atoms. The van der Waals surface area contributed by atoms with Crippen molar-refractivity contribution in [2.75, 3.05) is 6.54 Å². The number of nitrogens with zero attached hydrogens (tertiary/aromatic N) is 1. The van der Waals surface area contributed by atoms with Crippen LogP contribution in [-0.2, 0) is 10.0 Å². The van der Waals surface area contributed by atoms with Crippen LogP contribution in [0, 0.1) is 10.1 Å². The molecule has 1 aliphatic rings. The van der Waals surface area contributed by atoms with Gasteiger partial charge in [0.05, 0.1) is 9.82 Å². The van der Waals surface area contributed by atoms with Crippen molar-refractivity contribution in [1.82, 2.24) is 4.72 Å². The van der Waals surface area contributed by atoms with Crippen molar-refractivity contribution < 1.29 is 13.3 Å². The van der Waals surface area contributed by atoms with E-state index in [4.69, 9.17) is 0 Å². The van der Waals surface area contributed by atoms with Crippen molar-refractivity contribution in [2.24, 2.45) is 0 Å². The molecule has 0 heterocycles. The fourth-order valence-corrected chi connectivity index (χ4v) is 3.18. The van der Waals surface area contributed by atoms with Gasteiger partial charge in [-0.25, -0.2) is 13.1 Å². The van der Waals surface area contributed by atoms with E-state index >= 15 is 0 Å². The van der Waals surface area contributed by atoms with Crippen LogP contribution in [0.3, 0.4) is 0 Å². The molecule has 0 bridgehead atoms. The second kappa shape index (κ2) is 6.15. The molecule has 20 heavy (non-hydrogen) atoms. The second-order valence-electron chi connectivity index (χ2n) is 4.69. The van der Waals surface area contributed by atoms with Gasteiger partial charge in [0.15, 0.2) is 0 Å². The average molecular weight is 296 g/mol. The van der Waals surface area contributed by atoms with Gasteiger partial charge in [-0.15, -0.1) is 0 Å². The Morgan fingerprint density at radius 3 is 2.75 bits per heavy atom. The second-order valence-corrected chi connectivity index (χ2v) is 6.45. The molecule has 0 radical (unpaired) electrons. The standard InChI is InChI=1S/C13H16N2O4S/c16-15(17)12-7-4-8-13(9-12)20(18,19)14-10-11-5-2-1-3-6-11/h4-5,7-9,14H,1-3,6,10H2. The Hall–Kier alpha value is -1.73. The van der Waals surface area contributed by atoms with Crippen molar-refractivity contribution >= 4 is 15.7 Å². The lowest BCUT2D eigenvalue weighted by Gasteiger charge is -2.13. The zero-order valence-corrected chi connectivity index (χ0v) is 11.7. The highest BCUT2D eigenvalue weighted by Gasteiger charge is 2.18. The average Bonchev–Trinajstić information content (AvgIpc) is 2.46. The van der Waals surface area contributed by atoms with Crippen LogP contribution >= 0.6 is 0 Å². The number of nitrogens with one attached hydrogen (secondary N) is 1. The number of rotatable bonds is 5. The van der Waals surface area contributed by atoms with Gasteiger partial charge < -0.3 is 0 Å². The molecule has 0 saturated carbocycles. The van der Waals surface area contributed by atoms with Crippen molar-refractivity contribution in [1.29, 1.82) is 0 Å². The van der Waals surface area contributed by atoms with Crippen LogP contribution in [0.25, 0.3) is 0 Å². The zero-order chi connectivity index (χ0) is 14.6. The van der Waals surface area contributed by atoms with E-state index in [1.54, 1.807) is 0 Å². The number of hydrogen-bond acceptors (Lipinski definition) is 4. The number of non-ortho nitro benzene ring substituents is 1. The van der Waals surface area contributed by atoms with Crippen molar-refractivity contribution in [3.8, 4) is 0 Å². The summed E-state index contributed by atoms with van der Waals surface area (Å²) in [6.45, 7) is 0.269. The molecule has 6 nitrogen and oxygen atoms in total. The van der Waals surface area contributed by atoms with Crippen LogP contribution in [0.4, 0.5) is 5.69 Å².